The lowest BCUT2D eigenvalue weighted by molar-refractivity contribution is -0.133. The summed E-state index contributed by atoms with van der Waals surface area (Å²) >= 11 is 0. The maximum atomic E-state index is 10.6. The molecule has 0 bridgehead atoms. The normalized spacial score (nSPS) is 22.5. The van der Waals surface area contributed by atoms with Crippen molar-refractivity contribution in [2.75, 3.05) is 0 Å². The lowest BCUT2D eigenvalue weighted by Gasteiger charge is -2.03. The highest BCUT2D eigenvalue weighted by Gasteiger charge is 2.28. The molecular formula is C8H9NO3. The number of aliphatic imine (C=N–C) groups is 1. The third kappa shape index (κ3) is 1.15. The SMILES string of the molecule is CC1=C(C(=O)O)C(C)C(C=O)=N1. The summed E-state index contributed by atoms with van der Waals surface area (Å²) < 4.78 is 0. The molecule has 12 heavy (non-hydrogen) atoms. The van der Waals surface area contributed by atoms with Crippen LogP contribution in [0.3, 0.4) is 0 Å². The molecule has 1 aliphatic rings. The number of hydrogen-bond acceptors (Lipinski definition) is 3. The molecule has 1 rings (SSSR count). The Bertz CT molecular complexity index is 301. The van der Waals surface area contributed by atoms with E-state index in [9.17, 15) is 9.59 Å². The first-order chi connectivity index (χ1) is 5.57. The second-order valence-corrected chi connectivity index (χ2v) is 2.68. The largest absolute Gasteiger partial charge is 0.478 e. The third-order valence-electron chi connectivity index (χ3n) is 1.91. The van der Waals surface area contributed by atoms with Gasteiger partial charge in [0.05, 0.1) is 11.3 Å². The zero-order valence-electron chi connectivity index (χ0n) is 6.87. The minimum atomic E-state index is -0.999. The Morgan fingerprint density at radius 3 is 2.50 bits per heavy atom. The molecule has 0 amide bonds. The van der Waals surface area contributed by atoms with E-state index in [4.69, 9.17) is 5.11 Å². The summed E-state index contributed by atoms with van der Waals surface area (Å²) in [4.78, 5) is 24.9. The number of carbonyl (C=O) groups excluding carboxylic acids is 1. The van der Waals surface area contributed by atoms with Crippen LogP contribution in [0, 0.1) is 5.92 Å². The van der Waals surface area contributed by atoms with Crippen LogP contribution >= 0.6 is 0 Å². The number of hydrogen-bond donors (Lipinski definition) is 1. The van der Waals surface area contributed by atoms with Gasteiger partial charge in [-0.15, -0.1) is 0 Å². The lowest BCUT2D eigenvalue weighted by atomic mass is 9.98. The maximum Gasteiger partial charge on any atom is 0.334 e. The van der Waals surface area contributed by atoms with Gasteiger partial charge in [-0.2, -0.15) is 0 Å². The van der Waals surface area contributed by atoms with Crippen molar-refractivity contribution in [3.8, 4) is 0 Å². The third-order valence-corrected chi connectivity index (χ3v) is 1.91. The zero-order valence-corrected chi connectivity index (χ0v) is 6.87. The van der Waals surface area contributed by atoms with Crippen LogP contribution in [0.4, 0.5) is 0 Å². The average Bonchev–Trinajstić information content (AvgIpc) is 2.25. The van der Waals surface area contributed by atoms with E-state index < -0.39 is 5.97 Å². The summed E-state index contributed by atoms with van der Waals surface area (Å²) in [6.45, 7) is 3.25. The summed E-state index contributed by atoms with van der Waals surface area (Å²) in [5.74, 6) is -1.37. The fraction of sp³-hybridized carbons (Fsp3) is 0.375. The first kappa shape index (κ1) is 8.64. The second kappa shape index (κ2) is 2.89. The van der Waals surface area contributed by atoms with E-state index in [1.807, 2.05) is 0 Å². The predicted octanol–water partition coefficient (Wildman–Crippen LogP) is 0.635. The van der Waals surface area contributed by atoms with Crippen molar-refractivity contribution in [1.29, 1.82) is 0 Å². The Morgan fingerprint density at radius 2 is 2.25 bits per heavy atom. The summed E-state index contributed by atoms with van der Waals surface area (Å²) in [6, 6.07) is 0. The summed E-state index contributed by atoms with van der Waals surface area (Å²) in [5, 5.41) is 8.72. The van der Waals surface area contributed by atoms with Gasteiger partial charge in [-0.1, -0.05) is 6.92 Å². The van der Waals surface area contributed by atoms with E-state index in [0.29, 0.717) is 17.7 Å². The molecule has 0 aliphatic carbocycles. The molecule has 0 aromatic rings. The molecule has 0 saturated carbocycles. The van der Waals surface area contributed by atoms with Gasteiger partial charge in [0.25, 0.3) is 0 Å². The molecule has 1 aliphatic heterocycles. The van der Waals surface area contributed by atoms with Gasteiger partial charge in [0, 0.05) is 11.6 Å². The first-order valence-corrected chi connectivity index (χ1v) is 3.55. The smallest absolute Gasteiger partial charge is 0.334 e. The van der Waals surface area contributed by atoms with Gasteiger partial charge in [0.1, 0.15) is 0 Å². The molecular weight excluding hydrogens is 158 g/mol. The van der Waals surface area contributed by atoms with Gasteiger partial charge in [-0.25, -0.2) is 4.79 Å². The second-order valence-electron chi connectivity index (χ2n) is 2.68. The highest BCUT2D eigenvalue weighted by molar-refractivity contribution is 6.32. The Balaban J connectivity index is 3.04. The zero-order chi connectivity index (χ0) is 9.30. The van der Waals surface area contributed by atoms with Gasteiger partial charge in [0.2, 0.25) is 0 Å². The quantitative estimate of drug-likeness (QED) is 0.613. The number of aliphatic carboxylic acids is 1. The van der Waals surface area contributed by atoms with E-state index in [2.05, 4.69) is 4.99 Å². The molecule has 4 nitrogen and oxygen atoms in total. The molecule has 1 N–H and O–H groups in total. The molecule has 0 saturated heterocycles. The van der Waals surface area contributed by atoms with Crippen LogP contribution in [0.1, 0.15) is 13.8 Å². The van der Waals surface area contributed by atoms with Crippen LogP contribution in [0.25, 0.3) is 0 Å². The van der Waals surface area contributed by atoms with E-state index >= 15 is 0 Å². The molecule has 0 aromatic heterocycles. The van der Waals surface area contributed by atoms with Crippen molar-refractivity contribution in [3.05, 3.63) is 11.3 Å². The number of carboxylic acids is 1. The Labute approximate surface area is 69.6 Å². The Hall–Kier alpha value is -1.45. The van der Waals surface area contributed by atoms with E-state index in [-0.39, 0.29) is 11.5 Å². The van der Waals surface area contributed by atoms with E-state index in [0.717, 1.165) is 0 Å². The van der Waals surface area contributed by atoms with Crippen molar-refractivity contribution < 1.29 is 14.7 Å². The van der Waals surface area contributed by atoms with Gasteiger partial charge < -0.3 is 5.11 Å². The summed E-state index contributed by atoms with van der Waals surface area (Å²) in [5.41, 5.74) is 0.944. The summed E-state index contributed by atoms with van der Waals surface area (Å²) in [6.07, 6.45) is 0.601. The molecule has 0 radical (unpaired) electrons. The molecule has 64 valence electrons. The standard InChI is InChI=1S/C8H9NO3/c1-4-6(3-10)9-5(2)7(4)8(11)12/h3-4H,1-2H3,(H,11,12). The summed E-state index contributed by atoms with van der Waals surface area (Å²) in [7, 11) is 0. The molecule has 1 unspecified atom stereocenters. The van der Waals surface area contributed by atoms with E-state index in [1.54, 1.807) is 13.8 Å². The van der Waals surface area contributed by atoms with Crippen molar-refractivity contribution >= 4 is 18.0 Å². The molecule has 4 heteroatoms. The van der Waals surface area contributed by atoms with Crippen LogP contribution in [0.15, 0.2) is 16.3 Å². The Kier molecular flexibility index (Phi) is 2.08. The molecule has 0 spiro atoms. The topological polar surface area (TPSA) is 66.7 Å². The average molecular weight is 167 g/mol. The number of aldehydes is 1. The minimum Gasteiger partial charge on any atom is -0.478 e. The van der Waals surface area contributed by atoms with Crippen LogP contribution in [0.2, 0.25) is 0 Å². The fourth-order valence-corrected chi connectivity index (χ4v) is 1.28. The van der Waals surface area contributed by atoms with Crippen molar-refractivity contribution in [1.82, 2.24) is 0 Å². The number of carbonyl (C=O) groups is 2. The first-order valence-electron chi connectivity index (χ1n) is 3.55. The number of carboxylic acid groups (broad SMARTS) is 1. The molecule has 0 fully saturated rings. The highest BCUT2D eigenvalue weighted by Crippen LogP contribution is 2.24. The van der Waals surface area contributed by atoms with Gasteiger partial charge in [0.15, 0.2) is 6.29 Å². The van der Waals surface area contributed by atoms with Crippen molar-refractivity contribution in [2.45, 2.75) is 13.8 Å². The molecule has 1 heterocycles. The van der Waals surface area contributed by atoms with Crippen molar-refractivity contribution in [2.24, 2.45) is 10.9 Å². The minimum absolute atomic E-state index is 0.220. The van der Waals surface area contributed by atoms with Crippen LogP contribution < -0.4 is 0 Å². The maximum absolute atomic E-state index is 10.6. The molecule has 1 atom stereocenters. The van der Waals surface area contributed by atoms with Gasteiger partial charge in [-0.3, -0.25) is 9.79 Å². The van der Waals surface area contributed by atoms with Gasteiger partial charge in [-0.05, 0) is 6.92 Å². The van der Waals surface area contributed by atoms with Crippen molar-refractivity contribution in [3.63, 3.8) is 0 Å². The monoisotopic (exact) mass is 167 g/mol. The number of rotatable bonds is 2. The van der Waals surface area contributed by atoms with Crippen LogP contribution in [0.5, 0.6) is 0 Å². The fourth-order valence-electron chi connectivity index (χ4n) is 1.28. The molecule has 0 aromatic carbocycles. The van der Waals surface area contributed by atoms with Crippen LogP contribution in [-0.4, -0.2) is 23.1 Å². The van der Waals surface area contributed by atoms with Crippen LogP contribution in [-0.2, 0) is 9.59 Å². The van der Waals surface area contributed by atoms with Gasteiger partial charge >= 0.3 is 5.97 Å². The highest BCUT2D eigenvalue weighted by atomic mass is 16.4. The number of allylic oxidation sites excluding steroid dienone is 1. The van der Waals surface area contributed by atoms with E-state index in [1.165, 1.54) is 0 Å². The Morgan fingerprint density at radius 1 is 1.67 bits per heavy atom. The number of nitrogens with zero attached hydrogens (tertiary/aromatic N) is 1. The lowest BCUT2D eigenvalue weighted by Crippen LogP contribution is -2.15. The predicted molar refractivity (Wildman–Crippen MR) is 43.0 cm³/mol.